The Balaban J connectivity index is 2.36. The summed E-state index contributed by atoms with van der Waals surface area (Å²) in [6, 6.07) is 0.517. The van der Waals surface area contributed by atoms with Crippen molar-refractivity contribution in [2.24, 2.45) is 5.92 Å². The summed E-state index contributed by atoms with van der Waals surface area (Å²) in [7, 11) is -2.70. The van der Waals surface area contributed by atoms with Gasteiger partial charge in [-0.1, -0.05) is 26.7 Å². The fourth-order valence-electron chi connectivity index (χ4n) is 2.50. The van der Waals surface area contributed by atoms with Crippen LogP contribution in [0, 0.1) is 5.92 Å². The van der Waals surface area contributed by atoms with Crippen LogP contribution in [0.25, 0.3) is 0 Å². The van der Waals surface area contributed by atoms with Crippen LogP contribution in [0.4, 0.5) is 0 Å². The molecule has 1 aliphatic heterocycles. The van der Waals surface area contributed by atoms with Gasteiger partial charge in [-0.3, -0.25) is 0 Å². The molecule has 0 bridgehead atoms. The van der Waals surface area contributed by atoms with Crippen LogP contribution in [0.1, 0.15) is 46.0 Å². The van der Waals surface area contributed by atoms with Gasteiger partial charge >= 0.3 is 0 Å². The molecule has 4 heteroatoms. The van der Waals surface area contributed by atoms with Crippen molar-refractivity contribution in [2.75, 3.05) is 18.1 Å². The molecule has 0 saturated carbocycles. The lowest BCUT2D eigenvalue weighted by Crippen LogP contribution is -2.31. The van der Waals surface area contributed by atoms with E-state index in [2.05, 4.69) is 19.2 Å². The van der Waals surface area contributed by atoms with Gasteiger partial charge in [-0.05, 0) is 31.7 Å². The molecule has 0 amide bonds. The molecule has 0 aromatic rings. The lowest BCUT2D eigenvalue weighted by Gasteiger charge is -2.20. The Kier molecular flexibility index (Phi) is 5.76. The lowest BCUT2D eigenvalue weighted by molar-refractivity contribution is 0.385. The molecule has 3 nitrogen and oxygen atoms in total. The number of rotatable bonds is 7. The average molecular weight is 247 g/mol. The predicted octanol–water partition coefficient (Wildman–Crippen LogP) is 1.98. The van der Waals surface area contributed by atoms with Gasteiger partial charge in [-0.25, -0.2) is 8.42 Å². The zero-order chi connectivity index (χ0) is 12.0. The van der Waals surface area contributed by atoms with Crippen LogP contribution in [0.3, 0.4) is 0 Å². The molecule has 2 atom stereocenters. The maximum atomic E-state index is 11.4. The Morgan fingerprint density at radius 1 is 1.38 bits per heavy atom. The third-order valence-corrected chi connectivity index (χ3v) is 5.18. The molecular formula is C12H25NO2S. The van der Waals surface area contributed by atoms with Crippen molar-refractivity contribution < 1.29 is 8.42 Å². The number of hydrogen-bond acceptors (Lipinski definition) is 3. The van der Waals surface area contributed by atoms with E-state index in [0.717, 1.165) is 19.4 Å². The number of nitrogens with one attached hydrogen (secondary N) is 1. The van der Waals surface area contributed by atoms with Crippen LogP contribution >= 0.6 is 0 Å². The minimum Gasteiger partial charge on any atom is -0.314 e. The number of sulfone groups is 1. The fourth-order valence-corrected chi connectivity index (χ4v) is 4.38. The van der Waals surface area contributed by atoms with Crippen molar-refractivity contribution in [3.8, 4) is 0 Å². The SMILES string of the molecule is CCCCC(CC1CCS(=O)(=O)C1)NCC. The van der Waals surface area contributed by atoms with Gasteiger partial charge in [0.2, 0.25) is 0 Å². The number of unbranched alkanes of at least 4 members (excludes halogenated alkanes) is 1. The van der Waals surface area contributed by atoms with E-state index in [1.165, 1.54) is 19.3 Å². The molecule has 0 spiro atoms. The van der Waals surface area contributed by atoms with Crippen LogP contribution < -0.4 is 5.32 Å². The van der Waals surface area contributed by atoms with Gasteiger partial charge in [0.25, 0.3) is 0 Å². The van der Waals surface area contributed by atoms with Gasteiger partial charge < -0.3 is 5.32 Å². The molecular weight excluding hydrogens is 222 g/mol. The first-order valence-corrected chi connectivity index (χ1v) is 8.33. The monoisotopic (exact) mass is 247 g/mol. The normalized spacial score (nSPS) is 25.8. The standard InChI is InChI=1S/C12H25NO2S/c1-3-5-6-12(13-4-2)9-11-7-8-16(14,15)10-11/h11-13H,3-10H2,1-2H3. The van der Waals surface area contributed by atoms with E-state index in [-0.39, 0.29) is 0 Å². The Labute approximate surface area is 99.9 Å². The summed E-state index contributed by atoms with van der Waals surface area (Å²) in [5.74, 6) is 1.22. The highest BCUT2D eigenvalue weighted by Crippen LogP contribution is 2.24. The Hall–Kier alpha value is -0.0900. The van der Waals surface area contributed by atoms with Crippen LogP contribution in [0.2, 0.25) is 0 Å². The molecule has 1 fully saturated rings. The van der Waals surface area contributed by atoms with Gasteiger partial charge in [0.15, 0.2) is 9.84 Å². The first-order valence-electron chi connectivity index (χ1n) is 6.51. The van der Waals surface area contributed by atoms with Gasteiger partial charge in [0, 0.05) is 6.04 Å². The highest BCUT2D eigenvalue weighted by atomic mass is 32.2. The predicted molar refractivity (Wildman–Crippen MR) is 68.4 cm³/mol. The molecule has 1 heterocycles. The van der Waals surface area contributed by atoms with Crippen molar-refractivity contribution in [1.82, 2.24) is 5.32 Å². The minimum absolute atomic E-state index is 0.394. The fraction of sp³-hybridized carbons (Fsp3) is 1.00. The van der Waals surface area contributed by atoms with Gasteiger partial charge in [-0.15, -0.1) is 0 Å². The van der Waals surface area contributed by atoms with Gasteiger partial charge in [0.05, 0.1) is 11.5 Å². The van der Waals surface area contributed by atoms with E-state index < -0.39 is 9.84 Å². The zero-order valence-electron chi connectivity index (χ0n) is 10.5. The molecule has 0 aromatic heterocycles. The second-order valence-corrected chi connectivity index (χ2v) is 7.13. The van der Waals surface area contributed by atoms with E-state index in [0.29, 0.717) is 23.5 Å². The second kappa shape index (κ2) is 6.60. The zero-order valence-corrected chi connectivity index (χ0v) is 11.4. The van der Waals surface area contributed by atoms with Crippen molar-refractivity contribution in [3.05, 3.63) is 0 Å². The van der Waals surface area contributed by atoms with E-state index in [1.54, 1.807) is 0 Å². The van der Waals surface area contributed by atoms with E-state index in [1.807, 2.05) is 0 Å². The molecule has 1 rings (SSSR count). The van der Waals surface area contributed by atoms with E-state index >= 15 is 0 Å². The first-order chi connectivity index (χ1) is 7.57. The largest absolute Gasteiger partial charge is 0.314 e. The van der Waals surface area contributed by atoms with Crippen LogP contribution in [-0.2, 0) is 9.84 Å². The number of hydrogen-bond donors (Lipinski definition) is 1. The molecule has 0 aromatic carbocycles. The average Bonchev–Trinajstić information content (AvgIpc) is 2.55. The highest BCUT2D eigenvalue weighted by molar-refractivity contribution is 7.91. The van der Waals surface area contributed by atoms with E-state index in [4.69, 9.17) is 0 Å². The summed E-state index contributed by atoms with van der Waals surface area (Å²) in [4.78, 5) is 0. The highest BCUT2D eigenvalue weighted by Gasteiger charge is 2.29. The Bertz CT molecular complexity index is 287. The molecule has 2 unspecified atom stereocenters. The molecule has 16 heavy (non-hydrogen) atoms. The second-order valence-electron chi connectivity index (χ2n) is 4.90. The topological polar surface area (TPSA) is 46.2 Å². The first kappa shape index (κ1) is 14.0. The lowest BCUT2D eigenvalue weighted by atomic mass is 9.96. The maximum absolute atomic E-state index is 11.4. The van der Waals surface area contributed by atoms with Crippen molar-refractivity contribution in [1.29, 1.82) is 0 Å². The van der Waals surface area contributed by atoms with Crippen LogP contribution in [-0.4, -0.2) is 32.5 Å². The summed E-state index contributed by atoms with van der Waals surface area (Å²) in [5, 5.41) is 3.48. The van der Waals surface area contributed by atoms with Crippen LogP contribution in [0.5, 0.6) is 0 Å². The maximum Gasteiger partial charge on any atom is 0.150 e. The molecule has 0 radical (unpaired) electrons. The van der Waals surface area contributed by atoms with Crippen molar-refractivity contribution >= 4 is 9.84 Å². The molecule has 1 saturated heterocycles. The molecule has 1 aliphatic rings. The summed E-state index contributed by atoms with van der Waals surface area (Å²) in [6.45, 7) is 5.29. The summed E-state index contributed by atoms with van der Waals surface area (Å²) in [5.41, 5.74) is 0. The summed E-state index contributed by atoms with van der Waals surface area (Å²) >= 11 is 0. The third kappa shape index (κ3) is 4.83. The van der Waals surface area contributed by atoms with Gasteiger partial charge in [0.1, 0.15) is 0 Å². The van der Waals surface area contributed by atoms with Crippen molar-refractivity contribution in [2.45, 2.75) is 52.0 Å². The molecule has 0 aliphatic carbocycles. The van der Waals surface area contributed by atoms with Crippen molar-refractivity contribution in [3.63, 3.8) is 0 Å². The summed E-state index contributed by atoms with van der Waals surface area (Å²) in [6.07, 6.45) is 5.53. The summed E-state index contributed by atoms with van der Waals surface area (Å²) < 4.78 is 22.7. The third-order valence-electron chi connectivity index (χ3n) is 3.34. The Morgan fingerprint density at radius 3 is 2.62 bits per heavy atom. The molecule has 1 N–H and O–H groups in total. The molecule has 96 valence electrons. The van der Waals surface area contributed by atoms with E-state index in [9.17, 15) is 8.42 Å². The smallest absolute Gasteiger partial charge is 0.150 e. The Morgan fingerprint density at radius 2 is 2.12 bits per heavy atom. The quantitative estimate of drug-likeness (QED) is 0.748. The minimum atomic E-state index is -2.70. The van der Waals surface area contributed by atoms with Gasteiger partial charge in [-0.2, -0.15) is 0 Å². The van der Waals surface area contributed by atoms with Crippen LogP contribution in [0.15, 0.2) is 0 Å².